The van der Waals surface area contributed by atoms with Crippen molar-refractivity contribution in [2.45, 2.75) is 38.4 Å². The van der Waals surface area contributed by atoms with Gasteiger partial charge in [-0.25, -0.2) is 15.0 Å². The molecule has 0 radical (unpaired) electrons. The minimum absolute atomic E-state index is 0.338. The lowest BCUT2D eigenvalue weighted by molar-refractivity contribution is -0.0758. The molecule has 7 heteroatoms. The lowest BCUT2D eigenvalue weighted by Crippen LogP contribution is -2.47. The highest BCUT2D eigenvalue weighted by atomic mass is 15.6. The molecule has 3 aromatic rings. The van der Waals surface area contributed by atoms with Gasteiger partial charge in [0.15, 0.2) is 0 Å². The summed E-state index contributed by atoms with van der Waals surface area (Å²) in [5.74, 6) is 1.28. The Morgan fingerprint density at radius 2 is 1.84 bits per heavy atom. The molecule has 6 rings (SSSR count). The number of fused-ring (bicyclic) bond motifs is 4. The Labute approximate surface area is 183 Å². The highest BCUT2D eigenvalue weighted by Crippen LogP contribution is 2.37. The fraction of sp³-hybridized carbons (Fsp3) is 0.500. The topological polar surface area (TPSA) is 43.2 Å². The maximum absolute atomic E-state index is 5.10. The van der Waals surface area contributed by atoms with Gasteiger partial charge in [0.25, 0.3) is 0 Å². The number of pyridine rings is 2. The molecule has 7 nitrogen and oxygen atoms in total. The number of aromatic nitrogens is 3. The largest absolute Gasteiger partial charge is 0.355 e. The molecule has 1 aliphatic carbocycles. The van der Waals surface area contributed by atoms with E-state index in [0.29, 0.717) is 6.04 Å². The minimum Gasteiger partial charge on any atom is -0.355 e. The van der Waals surface area contributed by atoms with E-state index in [4.69, 9.17) is 9.97 Å². The molecule has 0 unspecified atom stereocenters. The summed E-state index contributed by atoms with van der Waals surface area (Å²) in [6.45, 7) is 6.06. The SMILES string of the molecule is CN1CCN(c2cccc3nc4c(n23)CN(C)N([C@H]2CCCc3cccnc32)C4)CC1. The molecule has 31 heavy (non-hydrogen) atoms. The molecule has 0 N–H and O–H groups in total. The van der Waals surface area contributed by atoms with Crippen molar-refractivity contribution in [2.75, 3.05) is 45.2 Å². The highest BCUT2D eigenvalue weighted by molar-refractivity contribution is 5.55. The zero-order chi connectivity index (χ0) is 20.9. The van der Waals surface area contributed by atoms with Gasteiger partial charge in [-0.15, -0.1) is 0 Å². The number of piperazine rings is 1. The van der Waals surface area contributed by atoms with E-state index in [1.165, 1.54) is 34.9 Å². The van der Waals surface area contributed by atoms with Gasteiger partial charge in [0.05, 0.1) is 36.2 Å². The molecule has 5 heterocycles. The molecule has 3 aromatic heterocycles. The normalized spacial score (nSPS) is 23.2. The van der Waals surface area contributed by atoms with E-state index >= 15 is 0 Å². The number of imidazole rings is 1. The summed E-state index contributed by atoms with van der Waals surface area (Å²) in [5.41, 5.74) is 6.28. The number of hydrogen-bond donors (Lipinski definition) is 0. The Bertz CT molecular complexity index is 1100. The number of hydrazine groups is 1. The minimum atomic E-state index is 0.338. The first-order valence-corrected chi connectivity index (χ1v) is 11.5. The Morgan fingerprint density at radius 1 is 0.968 bits per heavy atom. The van der Waals surface area contributed by atoms with Gasteiger partial charge >= 0.3 is 0 Å². The molecule has 0 bridgehead atoms. The van der Waals surface area contributed by atoms with Crippen molar-refractivity contribution < 1.29 is 0 Å². The Balaban J connectivity index is 1.36. The fourth-order valence-corrected chi connectivity index (χ4v) is 5.56. The summed E-state index contributed by atoms with van der Waals surface area (Å²) in [4.78, 5) is 14.8. The van der Waals surface area contributed by atoms with Crippen molar-refractivity contribution in [3.8, 4) is 0 Å². The summed E-state index contributed by atoms with van der Waals surface area (Å²) in [6, 6.07) is 11.2. The molecule has 3 aliphatic rings. The number of nitrogens with zero attached hydrogens (tertiary/aromatic N) is 7. The molecule has 0 saturated carbocycles. The van der Waals surface area contributed by atoms with Crippen LogP contribution >= 0.6 is 0 Å². The van der Waals surface area contributed by atoms with Crippen LogP contribution in [0.3, 0.4) is 0 Å². The Hall–Kier alpha value is -2.48. The Kier molecular flexibility index (Phi) is 4.70. The average Bonchev–Trinajstić information content (AvgIpc) is 3.16. The zero-order valence-electron chi connectivity index (χ0n) is 18.5. The highest BCUT2D eigenvalue weighted by Gasteiger charge is 2.35. The van der Waals surface area contributed by atoms with Gasteiger partial charge in [-0.05, 0) is 50.1 Å². The van der Waals surface area contributed by atoms with Gasteiger partial charge in [0, 0.05) is 39.4 Å². The van der Waals surface area contributed by atoms with Crippen LogP contribution < -0.4 is 4.90 Å². The van der Waals surface area contributed by atoms with Gasteiger partial charge in [-0.3, -0.25) is 9.38 Å². The van der Waals surface area contributed by atoms with Crippen molar-refractivity contribution in [1.29, 1.82) is 0 Å². The van der Waals surface area contributed by atoms with Gasteiger partial charge in [0.2, 0.25) is 0 Å². The van der Waals surface area contributed by atoms with Crippen LogP contribution in [0.4, 0.5) is 5.82 Å². The fourth-order valence-electron chi connectivity index (χ4n) is 5.56. The first-order valence-electron chi connectivity index (χ1n) is 11.5. The monoisotopic (exact) mass is 417 g/mol. The van der Waals surface area contributed by atoms with Crippen molar-refractivity contribution in [3.63, 3.8) is 0 Å². The van der Waals surface area contributed by atoms with E-state index < -0.39 is 0 Å². The van der Waals surface area contributed by atoms with Crippen LogP contribution in [0.5, 0.6) is 0 Å². The van der Waals surface area contributed by atoms with Crippen LogP contribution in [-0.4, -0.2) is 69.6 Å². The average molecular weight is 418 g/mol. The second-order valence-electron chi connectivity index (χ2n) is 9.24. The first-order chi connectivity index (χ1) is 15.2. The van der Waals surface area contributed by atoms with E-state index in [1.807, 2.05) is 6.20 Å². The second kappa shape index (κ2) is 7.58. The second-order valence-corrected chi connectivity index (χ2v) is 9.24. The van der Waals surface area contributed by atoms with Crippen molar-refractivity contribution >= 4 is 11.5 Å². The van der Waals surface area contributed by atoms with Gasteiger partial charge < -0.3 is 9.80 Å². The zero-order valence-corrected chi connectivity index (χ0v) is 18.5. The van der Waals surface area contributed by atoms with Crippen LogP contribution in [0, 0.1) is 0 Å². The molecule has 0 amide bonds. The molecule has 0 aromatic carbocycles. The molecular formula is C24H31N7. The number of anilines is 1. The molecule has 1 saturated heterocycles. The summed E-state index contributed by atoms with van der Waals surface area (Å²) in [6.07, 6.45) is 5.47. The van der Waals surface area contributed by atoms with Crippen LogP contribution in [-0.2, 0) is 19.5 Å². The first kappa shape index (κ1) is 19.2. The molecule has 1 fully saturated rings. The quantitative estimate of drug-likeness (QED) is 0.639. The van der Waals surface area contributed by atoms with Gasteiger partial charge in [-0.2, -0.15) is 0 Å². The maximum atomic E-state index is 5.10. The summed E-state index contributed by atoms with van der Waals surface area (Å²) in [7, 11) is 4.43. The van der Waals surface area contributed by atoms with E-state index in [9.17, 15) is 0 Å². The van der Waals surface area contributed by atoms with Gasteiger partial charge in [-0.1, -0.05) is 12.1 Å². The lowest BCUT2D eigenvalue weighted by atomic mass is 9.91. The van der Waals surface area contributed by atoms with Crippen molar-refractivity contribution in [1.82, 2.24) is 29.3 Å². The molecule has 2 aliphatic heterocycles. The van der Waals surface area contributed by atoms with Crippen molar-refractivity contribution in [2.24, 2.45) is 0 Å². The van der Waals surface area contributed by atoms with E-state index in [2.05, 4.69) is 68.6 Å². The predicted molar refractivity (Wildman–Crippen MR) is 122 cm³/mol. The number of aryl methyl sites for hydroxylation is 1. The third-order valence-electron chi connectivity index (χ3n) is 7.28. The van der Waals surface area contributed by atoms with E-state index in [0.717, 1.165) is 57.8 Å². The van der Waals surface area contributed by atoms with Crippen LogP contribution in [0.1, 0.15) is 41.5 Å². The Morgan fingerprint density at radius 3 is 2.71 bits per heavy atom. The van der Waals surface area contributed by atoms with E-state index in [1.54, 1.807) is 0 Å². The molecular weight excluding hydrogens is 386 g/mol. The van der Waals surface area contributed by atoms with Crippen LogP contribution in [0.15, 0.2) is 36.5 Å². The molecule has 162 valence electrons. The third-order valence-corrected chi connectivity index (χ3v) is 7.28. The lowest BCUT2D eigenvalue weighted by Gasteiger charge is -2.42. The summed E-state index contributed by atoms with van der Waals surface area (Å²) in [5, 5.41) is 4.89. The number of rotatable bonds is 2. The van der Waals surface area contributed by atoms with Crippen LogP contribution in [0.2, 0.25) is 0 Å². The van der Waals surface area contributed by atoms with E-state index in [-0.39, 0.29) is 0 Å². The number of likely N-dealkylation sites (N-methyl/N-ethyl adjacent to an activating group) is 1. The van der Waals surface area contributed by atoms with Crippen molar-refractivity contribution in [3.05, 3.63) is 59.2 Å². The standard InChI is InChI=1S/C24H31N7/c1-27-12-14-29(15-13-27)23-10-4-9-22-26-19-16-30(28(2)17-21(19)31(22)23)20-8-3-6-18-7-5-11-25-24(18)20/h4-5,7,9-11,20H,3,6,8,12-17H2,1-2H3/t20-/m0/s1. The molecule has 0 spiro atoms. The maximum Gasteiger partial charge on any atom is 0.138 e. The third kappa shape index (κ3) is 3.23. The summed E-state index contributed by atoms with van der Waals surface area (Å²) >= 11 is 0. The van der Waals surface area contributed by atoms with Gasteiger partial charge in [0.1, 0.15) is 11.5 Å². The predicted octanol–water partition coefficient (Wildman–Crippen LogP) is 2.72. The molecule has 1 atom stereocenters. The van der Waals surface area contributed by atoms with Crippen LogP contribution in [0.25, 0.3) is 5.65 Å². The smallest absolute Gasteiger partial charge is 0.138 e. The number of hydrogen-bond acceptors (Lipinski definition) is 6. The summed E-state index contributed by atoms with van der Waals surface area (Å²) < 4.78 is 2.40.